The fraction of sp³-hybridized carbons (Fsp3) is 0.455. The predicted octanol–water partition coefficient (Wildman–Crippen LogP) is 4.74. The van der Waals surface area contributed by atoms with Crippen molar-refractivity contribution in [3.05, 3.63) is 45.8 Å². The van der Waals surface area contributed by atoms with Crippen LogP contribution < -0.4 is 5.56 Å². The van der Waals surface area contributed by atoms with E-state index in [0.717, 1.165) is 37.6 Å². The quantitative estimate of drug-likeness (QED) is 0.444. The maximum atomic E-state index is 13.7. The number of halogens is 1. The van der Waals surface area contributed by atoms with Crippen LogP contribution >= 0.6 is 11.6 Å². The molecule has 1 saturated carbocycles. The molecule has 1 aliphatic rings. The standard InChI is InChI=1S/C22H24ClN5O3/c1-4-13(2)28-17-14(23)8-7-9-15(17)27-12-24-16(18(27)20(28)29)19-25-21(31-26-19)22(30-3)10-5-6-11-22/h7-9,12-13H,4-6,10-11H2,1-3H3. The maximum Gasteiger partial charge on any atom is 0.278 e. The van der Waals surface area contributed by atoms with Crippen LogP contribution in [0.1, 0.15) is 57.9 Å². The summed E-state index contributed by atoms with van der Waals surface area (Å²) in [4.78, 5) is 22.8. The fourth-order valence-corrected chi connectivity index (χ4v) is 4.87. The number of ether oxygens (including phenoxy) is 1. The zero-order valence-electron chi connectivity index (χ0n) is 17.8. The number of hydrogen-bond donors (Lipinski definition) is 0. The molecule has 1 aromatic carbocycles. The normalized spacial score (nSPS) is 17.0. The third-order valence-corrected chi connectivity index (χ3v) is 6.82. The summed E-state index contributed by atoms with van der Waals surface area (Å²) in [6.45, 7) is 4.05. The second-order valence-electron chi connectivity index (χ2n) is 8.18. The lowest BCUT2D eigenvalue weighted by molar-refractivity contribution is -0.0342. The molecule has 162 valence electrons. The van der Waals surface area contributed by atoms with Crippen LogP contribution in [0.15, 0.2) is 33.8 Å². The number of hydrogen-bond acceptors (Lipinski definition) is 6. The summed E-state index contributed by atoms with van der Waals surface area (Å²) in [6.07, 6.45) is 6.15. The average molecular weight is 442 g/mol. The molecule has 5 rings (SSSR count). The molecule has 3 heterocycles. The van der Waals surface area contributed by atoms with Crippen LogP contribution in [0.25, 0.3) is 28.1 Å². The zero-order valence-corrected chi connectivity index (χ0v) is 18.5. The van der Waals surface area contributed by atoms with Crippen molar-refractivity contribution < 1.29 is 9.26 Å². The minimum atomic E-state index is -0.558. The first-order chi connectivity index (χ1) is 15.0. The van der Waals surface area contributed by atoms with Crippen molar-refractivity contribution in [2.24, 2.45) is 0 Å². The second-order valence-corrected chi connectivity index (χ2v) is 8.59. The van der Waals surface area contributed by atoms with Crippen molar-refractivity contribution in [1.82, 2.24) is 24.1 Å². The molecule has 9 heteroatoms. The van der Waals surface area contributed by atoms with Gasteiger partial charge >= 0.3 is 0 Å². The highest BCUT2D eigenvalue weighted by molar-refractivity contribution is 6.35. The summed E-state index contributed by atoms with van der Waals surface area (Å²) < 4.78 is 14.9. The molecule has 1 atom stereocenters. The first kappa shape index (κ1) is 20.2. The van der Waals surface area contributed by atoms with Crippen molar-refractivity contribution in [2.45, 2.75) is 57.6 Å². The Morgan fingerprint density at radius 3 is 2.77 bits per heavy atom. The molecule has 0 saturated heterocycles. The molecule has 0 radical (unpaired) electrons. The summed E-state index contributed by atoms with van der Waals surface area (Å²) in [7, 11) is 1.67. The Kier molecular flexibility index (Phi) is 4.86. The highest BCUT2D eigenvalue weighted by Crippen LogP contribution is 2.41. The number of imidazole rings is 1. The van der Waals surface area contributed by atoms with E-state index in [1.807, 2.05) is 26.0 Å². The van der Waals surface area contributed by atoms with Gasteiger partial charge in [0.25, 0.3) is 11.4 Å². The molecule has 1 aliphatic carbocycles. The number of fused-ring (bicyclic) bond motifs is 3. The Morgan fingerprint density at radius 2 is 2.06 bits per heavy atom. The Bertz CT molecular complexity index is 1330. The number of nitrogens with zero attached hydrogens (tertiary/aromatic N) is 5. The zero-order chi connectivity index (χ0) is 21.8. The van der Waals surface area contributed by atoms with Crippen molar-refractivity contribution in [2.75, 3.05) is 7.11 Å². The summed E-state index contributed by atoms with van der Waals surface area (Å²) in [5.74, 6) is 0.727. The Labute approximate surface area is 183 Å². The number of methoxy groups -OCH3 is 1. The third kappa shape index (κ3) is 2.92. The van der Waals surface area contributed by atoms with Crippen molar-refractivity contribution in [3.8, 4) is 11.5 Å². The number of para-hydroxylation sites is 1. The predicted molar refractivity (Wildman–Crippen MR) is 117 cm³/mol. The van der Waals surface area contributed by atoms with Crippen molar-refractivity contribution in [3.63, 3.8) is 0 Å². The Hall–Kier alpha value is -2.71. The van der Waals surface area contributed by atoms with E-state index in [1.54, 1.807) is 28.5 Å². The molecule has 31 heavy (non-hydrogen) atoms. The van der Waals surface area contributed by atoms with Gasteiger partial charge in [0.05, 0.1) is 16.1 Å². The van der Waals surface area contributed by atoms with Crippen LogP contribution in [0.3, 0.4) is 0 Å². The van der Waals surface area contributed by atoms with Crippen LogP contribution in [0.4, 0.5) is 0 Å². The summed E-state index contributed by atoms with van der Waals surface area (Å²) >= 11 is 6.52. The highest BCUT2D eigenvalue weighted by atomic mass is 35.5. The molecule has 0 bridgehead atoms. The number of benzene rings is 1. The van der Waals surface area contributed by atoms with E-state index >= 15 is 0 Å². The third-order valence-electron chi connectivity index (χ3n) is 6.52. The molecular formula is C22H24ClN5O3. The first-order valence-corrected chi connectivity index (χ1v) is 11.0. The summed E-state index contributed by atoms with van der Waals surface area (Å²) in [5.41, 5.74) is 1.55. The van der Waals surface area contributed by atoms with Gasteiger partial charge < -0.3 is 13.8 Å². The molecule has 1 fully saturated rings. The highest BCUT2D eigenvalue weighted by Gasteiger charge is 2.41. The molecule has 1 unspecified atom stereocenters. The van der Waals surface area contributed by atoms with Crippen LogP contribution in [0.2, 0.25) is 5.02 Å². The van der Waals surface area contributed by atoms with Gasteiger partial charge in [-0.15, -0.1) is 0 Å². The first-order valence-electron chi connectivity index (χ1n) is 10.6. The molecule has 4 aromatic rings. The van der Waals surface area contributed by atoms with Gasteiger partial charge in [0, 0.05) is 13.2 Å². The van der Waals surface area contributed by atoms with E-state index in [0.29, 0.717) is 27.6 Å². The van der Waals surface area contributed by atoms with E-state index in [4.69, 9.17) is 20.9 Å². The van der Waals surface area contributed by atoms with Gasteiger partial charge in [0.15, 0.2) is 0 Å². The number of aromatic nitrogens is 5. The SMILES string of the molecule is CCC(C)n1c(=O)c2c(-c3noc(C4(OC)CCCC4)n3)ncn2c2cccc(Cl)c21. The largest absolute Gasteiger partial charge is 0.368 e. The minimum Gasteiger partial charge on any atom is -0.368 e. The van der Waals surface area contributed by atoms with Crippen LogP contribution in [0.5, 0.6) is 0 Å². The maximum absolute atomic E-state index is 13.7. The summed E-state index contributed by atoms with van der Waals surface area (Å²) in [5, 5.41) is 4.69. The Morgan fingerprint density at radius 1 is 1.29 bits per heavy atom. The lowest BCUT2D eigenvalue weighted by Crippen LogP contribution is -2.26. The van der Waals surface area contributed by atoms with Gasteiger partial charge in [-0.2, -0.15) is 4.98 Å². The van der Waals surface area contributed by atoms with Crippen molar-refractivity contribution >= 4 is 28.2 Å². The molecular weight excluding hydrogens is 418 g/mol. The average Bonchev–Trinajstić information content (AvgIpc) is 3.52. The fourth-order valence-electron chi connectivity index (χ4n) is 4.61. The second kappa shape index (κ2) is 7.46. The summed E-state index contributed by atoms with van der Waals surface area (Å²) in [6, 6.07) is 5.55. The van der Waals surface area contributed by atoms with E-state index in [-0.39, 0.29) is 17.4 Å². The van der Waals surface area contributed by atoms with Crippen LogP contribution in [-0.4, -0.2) is 31.2 Å². The van der Waals surface area contributed by atoms with E-state index in [1.165, 1.54) is 0 Å². The topological polar surface area (TPSA) is 87.5 Å². The molecule has 0 amide bonds. The van der Waals surface area contributed by atoms with Gasteiger partial charge in [-0.05, 0) is 51.2 Å². The number of rotatable bonds is 5. The molecule has 8 nitrogen and oxygen atoms in total. The monoisotopic (exact) mass is 441 g/mol. The molecule has 3 aromatic heterocycles. The Balaban J connectivity index is 1.77. The molecule has 0 spiro atoms. The van der Waals surface area contributed by atoms with E-state index in [2.05, 4.69) is 15.1 Å². The van der Waals surface area contributed by atoms with Crippen LogP contribution in [-0.2, 0) is 10.3 Å². The lowest BCUT2D eigenvalue weighted by Gasteiger charge is -2.22. The minimum absolute atomic E-state index is 0.0428. The molecule has 0 N–H and O–H groups in total. The van der Waals surface area contributed by atoms with Gasteiger partial charge in [-0.25, -0.2) is 4.98 Å². The van der Waals surface area contributed by atoms with Gasteiger partial charge in [0.1, 0.15) is 23.1 Å². The van der Waals surface area contributed by atoms with E-state index < -0.39 is 5.60 Å². The van der Waals surface area contributed by atoms with Crippen molar-refractivity contribution in [1.29, 1.82) is 0 Å². The smallest absolute Gasteiger partial charge is 0.278 e. The lowest BCUT2D eigenvalue weighted by atomic mass is 10.0. The van der Waals surface area contributed by atoms with Gasteiger partial charge in [-0.1, -0.05) is 29.7 Å². The van der Waals surface area contributed by atoms with E-state index in [9.17, 15) is 4.79 Å². The van der Waals surface area contributed by atoms with Crippen LogP contribution in [0, 0.1) is 0 Å². The van der Waals surface area contributed by atoms with Gasteiger partial charge in [0.2, 0.25) is 5.82 Å². The van der Waals surface area contributed by atoms with Gasteiger partial charge in [-0.3, -0.25) is 9.20 Å². The molecule has 0 aliphatic heterocycles.